The molecule has 5 heteroatoms. The molecule has 0 amide bonds. The molecule has 0 aliphatic rings. The zero-order valence-corrected chi connectivity index (χ0v) is 8.24. The third-order valence-corrected chi connectivity index (χ3v) is 1.83. The van der Waals surface area contributed by atoms with E-state index in [9.17, 15) is 14.0 Å². The highest BCUT2D eigenvalue weighted by atomic mass is 19.1. The van der Waals surface area contributed by atoms with E-state index in [1.54, 1.807) is 0 Å². The maximum Gasteiger partial charge on any atom is 0.342 e. The molecule has 0 atom stereocenters. The monoisotopic (exact) mass is 212 g/mol. The molecule has 1 aromatic carbocycles. The Morgan fingerprint density at radius 2 is 2.07 bits per heavy atom. The average Bonchev–Trinajstić information content (AvgIpc) is 2.26. The minimum absolute atomic E-state index is 0.0241. The van der Waals surface area contributed by atoms with Crippen molar-refractivity contribution in [1.29, 1.82) is 0 Å². The van der Waals surface area contributed by atoms with Crippen LogP contribution in [0.5, 0.6) is 5.75 Å². The second-order valence-electron chi connectivity index (χ2n) is 2.68. The fourth-order valence-electron chi connectivity index (χ4n) is 1.18. The predicted molar refractivity (Wildman–Crippen MR) is 49.7 cm³/mol. The van der Waals surface area contributed by atoms with E-state index in [1.807, 2.05) is 0 Å². The van der Waals surface area contributed by atoms with Gasteiger partial charge in [-0.05, 0) is 6.07 Å². The van der Waals surface area contributed by atoms with E-state index in [1.165, 1.54) is 14.2 Å². The Morgan fingerprint density at radius 3 is 2.53 bits per heavy atom. The standard InChI is InChI=1S/C10H9FO4/c1-14-8-4-7(11)3-6(5-12)9(8)10(13)15-2/h3-5H,1-2H3. The summed E-state index contributed by atoms with van der Waals surface area (Å²) < 4.78 is 22.2. The second-order valence-corrected chi connectivity index (χ2v) is 2.68. The van der Waals surface area contributed by atoms with Gasteiger partial charge in [-0.25, -0.2) is 9.18 Å². The van der Waals surface area contributed by atoms with Crippen molar-refractivity contribution in [2.24, 2.45) is 0 Å². The molecule has 0 aliphatic heterocycles. The Labute approximate surface area is 85.6 Å². The first-order chi connectivity index (χ1) is 7.13. The summed E-state index contributed by atoms with van der Waals surface area (Å²) in [6, 6.07) is 1.96. The zero-order chi connectivity index (χ0) is 11.4. The highest BCUT2D eigenvalue weighted by molar-refractivity contribution is 6.00. The molecule has 0 fully saturated rings. The summed E-state index contributed by atoms with van der Waals surface area (Å²) in [5.74, 6) is -1.42. The van der Waals surface area contributed by atoms with Crippen LogP contribution in [-0.4, -0.2) is 26.5 Å². The smallest absolute Gasteiger partial charge is 0.342 e. The molecule has 1 rings (SSSR count). The van der Waals surface area contributed by atoms with Gasteiger partial charge < -0.3 is 9.47 Å². The van der Waals surface area contributed by atoms with Crippen LogP contribution in [0.3, 0.4) is 0 Å². The highest BCUT2D eigenvalue weighted by Crippen LogP contribution is 2.23. The van der Waals surface area contributed by atoms with Gasteiger partial charge in [0.15, 0.2) is 6.29 Å². The maximum atomic E-state index is 13.0. The van der Waals surface area contributed by atoms with Gasteiger partial charge in [0.05, 0.1) is 14.2 Å². The van der Waals surface area contributed by atoms with Crippen molar-refractivity contribution < 1.29 is 23.5 Å². The number of benzene rings is 1. The number of hydrogen-bond donors (Lipinski definition) is 0. The van der Waals surface area contributed by atoms with Crippen molar-refractivity contribution in [1.82, 2.24) is 0 Å². The van der Waals surface area contributed by atoms with Crippen LogP contribution in [0.4, 0.5) is 4.39 Å². The van der Waals surface area contributed by atoms with Crippen LogP contribution >= 0.6 is 0 Å². The van der Waals surface area contributed by atoms with E-state index in [2.05, 4.69) is 4.74 Å². The average molecular weight is 212 g/mol. The number of rotatable bonds is 3. The molecule has 80 valence electrons. The molecule has 0 N–H and O–H groups in total. The van der Waals surface area contributed by atoms with Gasteiger partial charge in [0.1, 0.15) is 17.1 Å². The van der Waals surface area contributed by atoms with E-state index in [0.717, 1.165) is 12.1 Å². The molecule has 0 unspecified atom stereocenters. The first kappa shape index (κ1) is 11.2. The summed E-state index contributed by atoms with van der Waals surface area (Å²) in [6.45, 7) is 0. The predicted octanol–water partition coefficient (Wildman–Crippen LogP) is 1.43. The fraction of sp³-hybridized carbons (Fsp3) is 0.200. The minimum atomic E-state index is -0.742. The highest BCUT2D eigenvalue weighted by Gasteiger charge is 2.19. The third kappa shape index (κ3) is 2.12. The van der Waals surface area contributed by atoms with Crippen LogP contribution in [0.25, 0.3) is 0 Å². The molecule has 0 aliphatic carbocycles. The zero-order valence-electron chi connectivity index (χ0n) is 8.24. The van der Waals surface area contributed by atoms with Gasteiger partial charge in [0.2, 0.25) is 0 Å². The maximum absolute atomic E-state index is 13.0. The first-order valence-electron chi connectivity index (χ1n) is 4.05. The van der Waals surface area contributed by atoms with E-state index < -0.39 is 11.8 Å². The Bertz CT molecular complexity index is 401. The number of hydrogen-bond acceptors (Lipinski definition) is 4. The van der Waals surface area contributed by atoms with Crippen molar-refractivity contribution in [3.8, 4) is 5.75 Å². The lowest BCUT2D eigenvalue weighted by atomic mass is 10.1. The lowest BCUT2D eigenvalue weighted by Gasteiger charge is -2.08. The van der Waals surface area contributed by atoms with Crippen LogP contribution in [0.2, 0.25) is 0 Å². The normalized spacial score (nSPS) is 9.53. The van der Waals surface area contributed by atoms with E-state index >= 15 is 0 Å². The molecule has 4 nitrogen and oxygen atoms in total. The van der Waals surface area contributed by atoms with Gasteiger partial charge in [-0.1, -0.05) is 0 Å². The molecule has 0 heterocycles. The molecule has 0 spiro atoms. The Morgan fingerprint density at radius 1 is 1.40 bits per heavy atom. The fourth-order valence-corrected chi connectivity index (χ4v) is 1.18. The van der Waals surface area contributed by atoms with Gasteiger partial charge in [0.25, 0.3) is 0 Å². The number of carbonyl (C=O) groups is 2. The number of aldehydes is 1. The number of ether oxygens (including phenoxy) is 2. The Kier molecular flexibility index (Phi) is 3.38. The van der Waals surface area contributed by atoms with Crippen molar-refractivity contribution >= 4 is 12.3 Å². The molecule has 0 saturated heterocycles. The summed E-state index contributed by atoms with van der Waals surface area (Å²) in [5.41, 5.74) is -0.171. The Hall–Kier alpha value is -1.91. The lowest BCUT2D eigenvalue weighted by Crippen LogP contribution is -2.08. The number of esters is 1. The molecular formula is C10H9FO4. The quantitative estimate of drug-likeness (QED) is 0.561. The number of halogens is 1. The second kappa shape index (κ2) is 4.54. The summed E-state index contributed by atoms with van der Waals surface area (Å²) >= 11 is 0. The molecule has 0 aromatic heterocycles. The van der Waals surface area contributed by atoms with Gasteiger partial charge in [-0.3, -0.25) is 4.79 Å². The van der Waals surface area contributed by atoms with Gasteiger partial charge in [-0.2, -0.15) is 0 Å². The van der Waals surface area contributed by atoms with Crippen molar-refractivity contribution in [2.75, 3.05) is 14.2 Å². The van der Waals surface area contributed by atoms with E-state index in [-0.39, 0.29) is 16.9 Å². The number of carbonyl (C=O) groups excluding carboxylic acids is 2. The van der Waals surface area contributed by atoms with Crippen molar-refractivity contribution in [2.45, 2.75) is 0 Å². The van der Waals surface area contributed by atoms with Crippen LogP contribution in [0, 0.1) is 5.82 Å². The summed E-state index contributed by atoms with van der Waals surface area (Å²) in [6.07, 6.45) is 0.373. The van der Waals surface area contributed by atoms with Gasteiger partial charge in [0, 0.05) is 11.6 Å². The Balaban J connectivity index is 3.43. The molecule has 0 bridgehead atoms. The first-order valence-corrected chi connectivity index (χ1v) is 4.05. The molecular weight excluding hydrogens is 203 g/mol. The molecule has 0 saturated carbocycles. The van der Waals surface area contributed by atoms with E-state index in [4.69, 9.17) is 4.74 Å². The summed E-state index contributed by atoms with van der Waals surface area (Å²) in [7, 11) is 2.44. The van der Waals surface area contributed by atoms with Gasteiger partial charge >= 0.3 is 5.97 Å². The molecule has 1 aromatic rings. The SMILES string of the molecule is COC(=O)c1c(C=O)cc(F)cc1OC. The van der Waals surface area contributed by atoms with E-state index in [0.29, 0.717) is 6.29 Å². The summed E-state index contributed by atoms with van der Waals surface area (Å²) in [5, 5.41) is 0. The largest absolute Gasteiger partial charge is 0.496 e. The third-order valence-electron chi connectivity index (χ3n) is 1.83. The molecule has 15 heavy (non-hydrogen) atoms. The van der Waals surface area contributed by atoms with Crippen LogP contribution in [-0.2, 0) is 4.74 Å². The minimum Gasteiger partial charge on any atom is -0.496 e. The number of methoxy groups -OCH3 is 2. The van der Waals surface area contributed by atoms with Crippen molar-refractivity contribution in [3.05, 3.63) is 29.1 Å². The van der Waals surface area contributed by atoms with Gasteiger partial charge in [-0.15, -0.1) is 0 Å². The molecule has 0 radical (unpaired) electrons. The van der Waals surface area contributed by atoms with Crippen LogP contribution in [0.1, 0.15) is 20.7 Å². The van der Waals surface area contributed by atoms with Crippen LogP contribution < -0.4 is 4.74 Å². The topological polar surface area (TPSA) is 52.6 Å². The summed E-state index contributed by atoms with van der Waals surface area (Å²) in [4.78, 5) is 21.9. The van der Waals surface area contributed by atoms with Crippen LogP contribution in [0.15, 0.2) is 12.1 Å². The van der Waals surface area contributed by atoms with Crippen molar-refractivity contribution in [3.63, 3.8) is 0 Å². The lowest BCUT2D eigenvalue weighted by molar-refractivity contribution is 0.0594.